The van der Waals surface area contributed by atoms with Crippen molar-refractivity contribution in [2.24, 2.45) is 7.05 Å². The van der Waals surface area contributed by atoms with Crippen molar-refractivity contribution in [2.45, 2.75) is 12.5 Å². The number of halogens is 2. The standard InChI is InChI=1S/C23H20Cl2N4O5/c1-29-22(31)17(19-21(28-29)34-10-9-26-19)13-7-5-12(6-8-13)11-16(23(32)33)27-20(30)18-14(24)3-2-4-15(18)25/h2-8,16,26H,9-11H2,1H3,(H,27,30)(H,32,33). The number of rotatable bonds is 6. The minimum absolute atomic E-state index is 0.0112. The van der Waals surface area contributed by atoms with Gasteiger partial charge in [-0.1, -0.05) is 53.5 Å². The van der Waals surface area contributed by atoms with E-state index in [1.54, 1.807) is 37.4 Å². The van der Waals surface area contributed by atoms with Crippen LogP contribution in [0.2, 0.25) is 10.0 Å². The molecule has 0 bridgehead atoms. The monoisotopic (exact) mass is 502 g/mol. The predicted molar refractivity (Wildman–Crippen MR) is 128 cm³/mol. The summed E-state index contributed by atoms with van der Waals surface area (Å²) in [5, 5.41) is 19.7. The Hall–Kier alpha value is -3.56. The fraction of sp³-hybridized carbons (Fsp3) is 0.217. The maximum atomic E-state index is 12.8. The van der Waals surface area contributed by atoms with Gasteiger partial charge in [0.2, 0.25) is 0 Å². The summed E-state index contributed by atoms with van der Waals surface area (Å²) in [5.41, 5.74) is 1.92. The first kappa shape index (κ1) is 23.6. The highest BCUT2D eigenvalue weighted by Gasteiger charge is 2.25. The zero-order chi connectivity index (χ0) is 24.4. The number of anilines is 1. The van der Waals surface area contributed by atoms with E-state index >= 15 is 0 Å². The molecule has 0 saturated heterocycles. The van der Waals surface area contributed by atoms with Crippen molar-refractivity contribution in [2.75, 3.05) is 18.5 Å². The molecule has 0 spiro atoms. The van der Waals surface area contributed by atoms with Gasteiger partial charge < -0.3 is 20.5 Å². The van der Waals surface area contributed by atoms with Crippen LogP contribution < -0.4 is 20.9 Å². The quantitative estimate of drug-likeness (QED) is 0.473. The third-order valence-electron chi connectivity index (χ3n) is 5.33. The number of aliphatic carboxylic acids is 1. The molecule has 34 heavy (non-hydrogen) atoms. The maximum absolute atomic E-state index is 12.8. The number of carboxylic acids is 1. The lowest BCUT2D eigenvalue weighted by Crippen LogP contribution is -2.42. The third-order valence-corrected chi connectivity index (χ3v) is 5.96. The fourth-order valence-electron chi connectivity index (χ4n) is 3.65. The van der Waals surface area contributed by atoms with Crippen molar-refractivity contribution in [1.29, 1.82) is 0 Å². The third kappa shape index (κ3) is 4.71. The number of benzene rings is 2. The number of carbonyl (C=O) groups excluding carboxylic acids is 1. The Morgan fingerprint density at radius 3 is 2.53 bits per heavy atom. The van der Waals surface area contributed by atoms with Gasteiger partial charge in [0.1, 0.15) is 18.3 Å². The van der Waals surface area contributed by atoms with E-state index in [1.807, 2.05) is 0 Å². The van der Waals surface area contributed by atoms with Crippen molar-refractivity contribution in [3.63, 3.8) is 0 Å². The van der Waals surface area contributed by atoms with E-state index in [-0.39, 0.29) is 27.6 Å². The lowest BCUT2D eigenvalue weighted by Gasteiger charge is -2.21. The maximum Gasteiger partial charge on any atom is 0.326 e. The second-order valence-corrected chi connectivity index (χ2v) is 8.44. The molecule has 1 amide bonds. The van der Waals surface area contributed by atoms with Crippen LogP contribution in [0.1, 0.15) is 15.9 Å². The Morgan fingerprint density at radius 2 is 1.88 bits per heavy atom. The molecule has 1 aliphatic rings. The molecule has 1 aromatic heterocycles. The summed E-state index contributed by atoms with van der Waals surface area (Å²) in [7, 11) is 1.55. The van der Waals surface area contributed by atoms with Crippen LogP contribution in [0, 0.1) is 0 Å². The number of hydrogen-bond donors (Lipinski definition) is 3. The van der Waals surface area contributed by atoms with Crippen molar-refractivity contribution >= 4 is 40.8 Å². The first-order valence-corrected chi connectivity index (χ1v) is 11.1. The Kier molecular flexibility index (Phi) is 6.76. The second-order valence-electron chi connectivity index (χ2n) is 7.62. The molecule has 2 aromatic carbocycles. The number of aryl methyl sites for hydroxylation is 1. The van der Waals surface area contributed by atoms with Crippen LogP contribution in [-0.2, 0) is 18.3 Å². The number of amides is 1. The van der Waals surface area contributed by atoms with E-state index in [1.165, 1.54) is 16.8 Å². The van der Waals surface area contributed by atoms with E-state index < -0.39 is 17.9 Å². The molecule has 2 heterocycles. The SMILES string of the molecule is Cn1nc2c(c(-c3ccc(CC(NC(=O)c4c(Cl)cccc4Cl)C(=O)O)cc3)c1=O)NCCO2. The normalized spacial score (nSPS) is 13.3. The first-order chi connectivity index (χ1) is 16.3. The van der Waals surface area contributed by atoms with Gasteiger partial charge in [-0.3, -0.25) is 9.59 Å². The summed E-state index contributed by atoms with van der Waals surface area (Å²) >= 11 is 12.1. The van der Waals surface area contributed by atoms with Gasteiger partial charge in [0.25, 0.3) is 17.3 Å². The van der Waals surface area contributed by atoms with Gasteiger partial charge in [-0.05, 0) is 23.3 Å². The van der Waals surface area contributed by atoms with Crippen molar-refractivity contribution in [3.05, 3.63) is 74.0 Å². The molecule has 176 valence electrons. The molecule has 0 radical (unpaired) electrons. The Labute approximate surface area is 204 Å². The summed E-state index contributed by atoms with van der Waals surface area (Å²) in [6.07, 6.45) is 0.0112. The van der Waals surface area contributed by atoms with Crippen LogP contribution in [0.4, 0.5) is 5.69 Å². The number of carboxylic acid groups (broad SMARTS) is 1. The van der Waals surface area contributed by atoms with E-state index in [9.17, 15) is 19.5 Å². The van der Waals surface area contributed by atoms with E-state index in [4.69, 9.17) is 27.9 Å². The van der Waals surface area contributed by atoms with Gasteiger partial charge in [0.05, 0.1) is 21.2 Å². The Balaban J connectivity index is 1.57. The van der Waals surface area contributed by atoms with Gasteiger partial charge in [0, 0.05) is 20.0 Å². The molecular weight excluding hydrogens is 483 g/mol. The molecular formula is C23H20Cl2N4O5. The van der Waals surface area contributed by atoms with Crippen molar-refractivity contribution in [3.8, 4) is 17.0 Å². The topological polar surface area (TPSA) is 123 Å². The van der Waals surface area contributed by atoms with Gasteiger partial charge in [-0.15, -0.1) is 5.10 Å². The van der Waals surface area contributed by atoms with Crippen LogP contribution >= 0.6 is 23.2 Å². The molecule has 3 N–H and O–H groups in total. The van der Waals surface area contributed by atoms with E-state index in [2.05, 4.69) is 15.7 Å². The number of hydrogen-bond acceptors (Lipinski definition) is 6. The molecule has 1 atom stereocenters. The van der Waals surface area contributed by atoms with Crippen LogP contribution in [0.25, 0.3) is 11.1 Å². The summed E-state index contributed by atoms with van der Waals surface area (Å²) in [6, 6.07) is 10.2. The summed E-state index contributed by atoms with van der Waals surface area (Å²) in [4.78, 5) is 37.2. The van der Waals surface area contributed by atoms with Gasteiger partial charge in [-0.25, -0.2) is 9.48 Å². The lowest BCUT2D eigenvalue weighted by molar-refractivity contribution is -0.139. The Morgan fingerprint density at radius 1 is 1.21 bits per heavy atom. The molecule has 9 nitrogen and oxygen atoms in total. The number of nitrogens with one attached hydrogen (secondary N) is 2. The summed E-state index contributed by atoms with van der Waals surface area (Å²) < 4.78 is 6.77. The van der Waals surface area contributed by atoms with Gasteiger partial charge >= 0.3 is 5.97 Å². The minimum Gasteiger partial charge on any atom is -0.480 e. The van der Waals surface area contributed by atoms with Crippen LogP contribution in [-0.4, -0.2) is 46.0 Å². The molecule has 0 saturated carbocycles. The molecule has 0 aliphatic carbocycles. The number of ether oxygens (including phenoxy) is 1. The highest BCUT2D eigenvalue weighted by atomic mass is 35.5. The van der Waals surface area contributed by atoms with Crippen LogP contribution in [0.5, 0.6) is 5.88 Å². The molecule has 3 aromatic rings. The average Bonchev–Trinajstić information content (AvgIpc) is 2.80. The Bertz CT molecular complexity index is 1300. The molecule has 1 unspecified atom stereocenters. The van der Waals surface area contributed by atoms with Crippen molar-refractivity contribution < 1.29 is 19.4 Å². The van der Waals surface area contributed by atoms with E-state index in [0.717, 1.165) is 0 Å². The molecule has 0 fully saturated rings. The second kappa shape index (κ2) is 9.74. The molecule has 4 rings (SSSR count). The smallest absolute Gasteiger partial charge is 0.326 e. The summed E-state index contributed by atoms with van der Waals surface area (Å²) in [6.45, 7) is 0.987. The number of nitrogens with zero attached hydrogens (tertiary/aromatic N) is 2. The predicted octanol–water partition coefficient (Wildman–Crippen LogP) is 2.98. The van der Waals surface area contributed by atoms with E-state index in [0.29, 0.717) is 41.4 Å². The first-order valence-electron chi connectivity index (χ1n) is 10.3. The minimum atomic E-state index is -1.22. The lowest BCUT2D eigenvalue weighted by atomic mass is 10.00. The summed E-state index contributed by atoms with van der Waals surface area (Å²) in [5.74, 6) is -1.55. The zero-order valence-electron chi connectivity index (χ0n) is 18.0. The largest absolute Gasteiger partial charge is 0.480 e. The highest BCUT2D eigenvalue weighted by Crippen LogP contribution is 2.33. The number of carbonyl (C=O) groups is 2. The number of aromatic nitrogens is 2. The van der Waals surface area contributed by atoms with Gasteiger partial charge in [0.15, 0.2) is 0 Å². The highest BCUT2D eigenvalue weighted by molar-refractivity contribution is 6.39. The fourth-order valence-corrected chi connectivity index (χ4v) is 4.22. The molecule has 11 heteroatoms. The van der Waals surface area contributed by atoms with Crippen LogP contribution in [0.15, 0.2) is 47.3 Å². The van der Waals surface area contributed by atoms with Crippen LogP contribution in [0.3, 0.4) is 0 Å². The zero-order valence-corrected chi connectivity index (χ0v) is 19.5. The van der Waals surface area contributed by atoms with Crippen molar-refractivity contribution in [1.82, 2.24) is 15.1 Å². The average molecular weight is 503 g/mol. The van der Waals surface area contributed by atoms with Gasteiger partial charge in [-0.2, -0.15) is 0 Å². The molecule has 1 aliphatic heterocycles. The number of fused-ring (bicyclic) bond motifs is 1.